The third kappa shape index (κ3) is 5.07. The lowest BCUT2D eigenvalue weighted by Gasteiger charge is -2.28. The number of carbonyl (C=O) groups excluding carboxylic acids is 1. The van der Waals surface area contributed by atoms with Gasteiger partial charge in [0.05, 0.1) is 19.1 Å². The summed E-state index contributed by atoms with van der Waals surface area (Å²) in [7, 11) is -2.22. The maximum absolute atomic E-state index is 12.8. The van der Waals surface area contributed by atoms with E-state index in [0.717, 1.165) is 16.1 Å². The van der Waals surface area contributed by atoms with Crippen molar-refractivity contribution >= 4 is 49.7 Å². The Morgan fingerprint density at radius 3 is 2.33 bits per heavy atom. The molecule has 0 saturated heterocycles. The smallest absolute Gasteiger partial charge is 0.249 e. The average Bonchev–Trinajstić information content (AvgIpc) is 3.16. The number of anilines is 2. The summed E-state index contributed by atoms with van der Waals surface area (Å²) in [5, 5.41) is 12.1. The zero-order chi connectivity index (χ0) is 21.9. The third-order valence-corrected chi connectivity index (χ3v) is 6.54. The van der Waals surface area contributed by atoms with E-state index in [-0.39, 0.29) is 5.13 Å². The molecule has 0 radical (unpaired) electrons. The summed E-state index contributed by atoms with van der Waals surface area (Å²) in [6.45, 7) is 1.50. The first-order valence-corrected chi connectivity index (χ1v) is 11.8. The fourth-order valence-electron chi connectivity index (χ4n) is 2.73. The molecule has 0 bridgehead atoms. The number of hydrogen-bond donors (Lipinski definition) is 1. The molecule has 11 heteroatoms. The molecular weight excluding hydrogens is 448 g/mol. The normalized spacial score (nSPS) is 12.3. The van der Waals surface area contributed by atoms with Gasteiger partial charge in [0.25, 0.3) is 0 Å². The van der Waals surface area contributed by atoms with E-state index >= 15 is 0 Å². The number of amides is 1. The molecule has 1 amide bonds. The predicted molar refractivity (Wildman–Crippen MR) is 119 cm³/mol. The lowest BCUT2D eigenvalue weighted by Crippen LogP contribution is -2.45. The lowest BCUT2D eigenvalue weighted by molar-refractivity contribution is -0.116. The van der Waals surface area contributed by atoms with Crippen molar-refractivity contribution in [3.63, 3.8) is 0 Å². The zero-order valence-corrected chi connectivity index (χ0v) is 18.8. The standard InChI is InChI=1S/C19H19ClN4O4S2/c1-12(24(30(3,26)27)15-8-10-16(28-2)11-9-15)17(25)21-19-23-22-18(29-19)13-4-6-14(20)7-5-13/h4-12H,1-3H3,(H,21,23,25)/t12-/m0/s1. The van der Waals surface area contributed by atoms with Gasteiger partial charge in [-0.2, -0.15) is 0 Å². The predicted octanol–water partition coefficient (Wildman–Crippen LogP) is 3.66. The minimum Gasteiger partial charge on any atom is -0.497 e. The summed E-state index contributed by atoms with van der Waals surface area (Å²) >= 11 is 7.07. The number of aromatic nitrogens is 2. The Morgan fingerprint density at radius 1 is 1.13 bits per heavy atom. The van der Waals surface area contributed by atoms with E-state index in [4.69, 9.17) is 16.3 Å². The molecule has 1 aromatic heterocycles. The van der Waals surface area contributed by atoms with Gasteiger partial charge in [-0.15, -0.1) is 10.2 Å². The summed E-state index contributed by atoms with van der Waals surface area (Å²) in [5.41, 5.74) is 1.15. The van der Waals surface area contributed by atoms with Gasteiger partial charge < -0.3 is 4.74 Å². The van der Waals surface area contributed by atoms with Gasteiger partial charge in [0.2, 0.25) is 21.1 Å². The van der Waals surface area contributed by atoms with Crippen LogP contribution in [0.2, 0.25) is 5.02 Å². The van der Waals surface area contributed by atoms with Gasteiger partial charge in [0.1, 0.15) is 16.8 Å². The number of sulfonamides is 1. The first-order chi connectivity index (χ1) is 14.2. The molecule has 1 atom stereocenters. The number of carbonyl (C=O) groups is 1. The highest BCUT2D eigenvalue weighted by Gasteiger charge is 2.29. The first-order valence-electron chi connectivity index (χ1n) is 8.73. The molecule has 3 aromatic rings. The van der Waals surface area contributed by atoms with Crippen molar-refractivity contribution in [1.29, 1.82) is 0 Å². The summed E-state index contributed by atoms with van der Waals surface area (Å²) < 4.78 is 30.9. The number of rotatable bonds is 7. The van der Waals surface area contributed by atoms with Crippen molar-refractivity contribution in [2.24, 2.45) is 0 Å². The molecule has 1 heterocycles. The lowest BCUT2D eigenvalue weighted by atomic mass is 10.2. The van der Waals surface area contributed by atoms with Crippen molar-refractivity contribution in [2.45, 2.75) is 13.0 Å². The van der Waals surface area contributed by atoms with Gasteiger partial charge in [-0.05, 0) is 43.3 Å². The number of benzene rings is 2. The minimum atomic E-state index is -3.73. The highest BCUT2D eigenvalue weighted by molar-refractivity contribution is 7.92. The van der Waals surface area contributed by atoms with Gasteiger partial charge in [0, 0.05) is 10.6 Å². The maximum Gasteiger partial charge on any atom is 0.249 e. The van der Waals surface area contributed by atoms with Gasteiger partial charge in [-0.25, -0.2) is 8.42 Å². The molecule has 0 spiro atoms. The van der Waals surface area contributed by atoms with E-state index in [0.29, 0.717) is 21.5 Å². The fourth-order valence-corrected chi connectivity index (χ4v) is 4.78. The van der Waals surface area contributed by atoms with E-state index in [1.807, 2.05) is 0 Å². The highest BCUT2D eigenvalue weighted by atomic mass is 35.5. The van der Waals surface area contributed by atoms with Crippen molar-refractivity contribution in [3.8, 4) is 16.3 Å². The summed E-state index contributed by atoms with van der Waals surface area (Å²) in [6, 6.07) is 12.5. The molecule has 8 nitrogen and oxygen atoms in total. The molecule has 0 unspecified atom stereocenters. The molecule has 0 aliphatic carbocycles. The Morgan fingerprint density at radius 2 is 1.77 bits per heavy atom. The van der Waals surface area contributed by atoms with Crippen molar-refractivity contribution < 1.29 is 17.9 Å². The number of nitrogens with one attached hydrogen (secondary N) is 1. The van der Waals surface area contributed by atoms with E-state index in [2.05, 4.69) is 15.5 Å². The van der Waals surface area contributed by atoms with Gasteiger partial charge in [0.15, 0.2) is 0 Å². The second-order valence-corrected chi connectivity index (χ2v) is 9.61. The summed E-state index contributed by atoms with van der Waals surface area (Å²) in [6.07, 6.45) is 1.05. The van der Waals surface area contributed by atoms with Crippen molar-refractivity contribution in [1.82, 2.24) is 10.2 Å². The topological polar surface area (TPSA) is 101 Å². The summed E-state index contributed by atoms with van der Waals surface area (Å²) in [5.74, 6) is 0.0444. The second-order valence-electron chi connectivity index (χ2n) is 6.34. The Labute approximate surface area is 183 Å². The Kier molecular flexibility index (Phi) is 6.59. The monoisotopic (exact) mass is 466 g/mol. The van der Waals surface area contributed by atoms with Gasteiger partial charge >= 0.3 is 0 Å². The molecule has 3 rings (SSSR count). The Bertz CT molecular complexity index is 1130. The Balaban J connectivity index is 1.79. The third-order valence-electron chi connectivity index (χ3n) is 4.16. The van der Waals surface area contributed by atoms with E-state index in [9.17, 15) is 13.2 Å². The zero-order valence-electron chi connectivity index (χ0n) is 16.4. The van der Waals surface area contributed by atoms with Crippen LogP contribution in [0.15, 0.2) is 48.5 Å². The molecule has 0 aliphatic rings. The quantitative estimate of drug-likeness (QED) is 0.570. The minimum absolute atomic E-state index is 0.264. The van der Waals surface area contributed by atoms with E-state index in [1.54, 1.807) is 48.5 Å². The maximum atomic E-state index is 12.8. The van der Waals surface area contributed by atoms with Crippen LogP contribution >= 0.6 is 22.9 Å². The van der Waals surface area contributed by atoms with Gasteiger partial charge in [-0.1, -0.05) is 35.1 Å². The van der Waals surface area contributed by atoms with Crippen LogP contribution in [0.4, 0.5) is 10.8 Å². The van der Waals surface area contributed by atoms with Crippen LogP contribution in [0.5, 0.6) is 5.75 Å². The number of hydrogen-bond acceptors (Lipinski definition) is 7. The molecule has 2 aromatic carbocycles. The largest absolute Gasteiger partial charge is 0.497 e. The second kappa shape index (κ2) is 8.99. The summed E-state index contributed by atoms with van der Waals surface area (Å²) in [4.78, 5) is 12.8. The molecule has 1 N–H and O–H groups in total. The molecule has 0 saturated carbocycles. The molecule has 0 fully saturated rings. The number of halogens is 1. The van der Waals surface area contributed by atoms with Crippen LogP contribution in [0.1, 0.15) is 6.92 Å². The van der Waals surface area contributed by atoms with Crippen LogP contribution < -0.4 is 14.4 Å². The van der Waals surface area contributed by atoms with Crippen LogP contribution in [-0.2, 0) is 14.8 Å². The van der Waals surface area contributed by atoms with Gasteiger partial charge in [-0.3, -0.25) is 14.4 Å². The molecule has 30 heavy (non-hydrogen) atoms. The molecular formula is C19H19ClN4O4S2. The molecule has 158 valence electrons. The average molecular weight is 467 g/mol. The first kappa shape index (κ1) is 22.0. The highest BCUT2D eigenvalue weighted by Crippen LogP contribution is 2.28. The van der Waals surface area contributed by atoms with E-state index in [1.165, 1.54) is 25.4 Å². The Hall–Kier alpha value is -2.69. The number of methoxy groups -OCH3 is 1. The van der Waals surface area contributed by atoms with Crippen LogP contribution in [0.25, 0.3) is 10.6 Å². The van der Waals surface area contributed by atoms with Crippen molar-refractivity contribution in [3.05, 3.63) is 53.6 Å². The van der Waals surface area contributed by atoms with Crippen LogP contribution in [0.3, 0.4) is 0 Å². The van der Waals surface area contributed by atoms with Crippen LogP contribution in [0, 0.1) is 0 Å². The van der Waals surface area contributed by atoms with Crippen molar-refractivity contribution in [2.75, 3.05) is 23.0 Å². The van der Waals surface area contributed by atoms with Crippen LogP contribution in [-0.4, -0.2) is 43.9 Å². The molecule has 0 aliphatic heterocycles. The number of nitrogens with zero attached hydrogens (tertiary/aromatic N) is 3. The number of ether oxygens (including phenoxy) is 1. The van der Waals surface area contributed by atoms with E-state index < -0.39 is 22.0 Å². The fraction of sp³-hybridized carbons (Fsp3) is 0.211. The SMILES string of the molecule is COc1ccc(N([C@@H](C)C(=O)Nc2nnc(-c3ccc(Cl)cc3)s2)S(C)(=O)=O)cc1.